The van der Waals surface area contributed by atoms with Gasteiger partial charge in [-0.05, 0) is 40.7 Å². The molecule has 6 heteroatoms. The van der Waals surface area contributed by atoms with Crippen molar-refractivity contribution in [2.24, 2.45) is 0 Å². The summed E-state index contributed by atoms with van der Waals surface area (Å²) in [5.74, 6) is -0.142. The Hall–Kier alpha value is -2.54. The van der Waals surface area contributed by atoms with Gasteiger partial charge in [-0.25, -0.2) is 4.90 Å². The van der Waals surface area contributed by atoms with E-state index in [2.05, 4.69) is 33.0 Å². The third kappa shape index (κ3) is 4.56. The molecule has 0 saturated heterocycles. The Morgan fingerprint density at radius 2 is 1.45 bits per heavy atom. The van der Waals surface area contributed by atoms with Crippen molar-refractivity contribution in [2.45, 2.75) is 52.4 Å². The van der Waals surface area contributed by atoms with Gasteiger partial charge in [-0.15, -0.1) is 0 Å². The Morgan fingerprint density at radius 1 is 0.871 bits per heavy atom. The van der Waals surface area contributed by atoms with Crippen LogP contribution in [0.25, 0.3) is 0 Å². The Kier molecular flexibility index (Phi) is 7.26. The highest BCUT2D eigenvalue weighted by Crippen LogP contribution is 2.39. The topological polar surface area (TPSA) is 67.9 Å². The second kappa shape index (κ2) is 9.73. The van der Waals surface area contributed by atoms with E-state index in [0.717, 1.165) is 22.4 Å². The second-order valence-electron chi connectivity index (χ2n) is 8.45. The number of anilines is 1. The van der Waals surface area contributed by atoms with Gasteiger partial charge in [0, 0.05) is 27.3 Å². The van der Waals surface area contributed by atoms with E-state index in [1.807, 2.05) is 30.3 Å². The van der Waals surface area contributed by atoms with Gasteiger partial charge < -0.3 is 14.8 Å². The van der Waals surface area contributed by atoms with Crippen molar-refractivity contribution in [2.75, 3.05) is 25.7 Å². The lowest BCUT2D eigenvalue weighted by atomic mass is 9.92. The van der Waals surface area contributed by atoms with Crippen molar-refractivity contribution in [3.63, 3.8) is 0 Å². The highest BCUT2D eigenvalue weighted by atomic mass is 16.7. The first-order valence-electron chi connectivity index (χ1n) is 10.7. The van der Waals surface area contributed by atoms with Gasteiger partial charge in [0.05, 0.1) is 16.8 Å². The summed E-state index contributed by atoms with van der Waals surface area (Å²) in [7, 11) is 3.18. The monoisotopic (exact) mass is 424 g/mol. The van der Waals surface area contributed by atoms with Crippen molar-refractivity contribution in [3.05, 3.63) is 64.2 Å². The molecule has 31 heavy (non-hydrogen) atoms. The van der Waals surface area contributed by atoms with Crippen LogP contribution < -0.4 is 10.2 Å². The van der Waals surface area contributed by atoms with Gasteiger partial charge in [0.15, 0.2) is 6.29 Å². The van der Waals surface area contributed by atoms with Gasteiger partial charge in [-0.3, -0.25) is 9.59 Å². The molecule has 3 rings (SSSR count). The molecule has 1 aliphatic heterocycles. The number of carbonyl (C=O) groups excluding carboxylic acids is 2. The minimum absolute atomic E-state index is 0.187. The van der Waals surface area contributed by atoms with E-state index in [9.17, 15) is 9.59 Å². The number of imide groups is 1. The summed E-state index contributed by atoms with van der Waals surface area (Å²) in [4.78, 5) is 28.1. The molecule has 0 bridgehead atoms. The second-order valence-corrected chi connectivity index (χ2v) is 8.45. The highest BCUT2D eigenvalue weighted by molar-refractivity contribution is 6.35. The molecule has 1 heterocycles. The zero-order valence-electron chi connectivity index (χ0n) is 19.2. The molecule has 0 fully saturated rings. The SMILES string of the molecule is COC(CNCc1ccc2c(c1)C(=O)N(c1c(C(C)C)cccc1C(C)C)C2=O)OC. The molecule has 0 aromatic heterocycles. The molecule has 166 valence electrons. The molecule has 0 atom stereocenters. The maximum atomic E-state index is 13.4. The number of carbonyl (C=O) groups is 2. The van der Waals surface area contributed by atoms with Crippen LogP contribution in [0.15, 0.2) is 36.4 Å². The van der Waals surface area contributed by atoms with E-state index in [0.29, 0.717) is 24.2 Å². The van der Waals surface area contributed by atoms with Gasteiger partial charge >= 0.3 is 0 Å². The summed E-state index contributed by atoms with van der Waals surface area (Å²) in [6, 6.07) is 11.5. The van der Waals surface area contributed by atoms with Crippen LogP contribution in [0.2, 0.25) is 0 Å². The van der Waals surface area contributed by atoms with E-state index >= 15 is 0 Å². The fourth-order valence-corrected chi connectivity index (χ4v) is 3.97. The van der Waals surface area contributed by atoms with Crippen LogP contribution in [-0.4, -0.2) is 38.9 Å². The molecule has 0 aliphatic carbocycles. The van der Waals surface area contributed by atoms with E-state index in [1.54, 1.807) is 20.3 Å². The lowest BCUT2D eigenvalue weighted by Crippen LogP contribution is -2.31. The van der Waals surface area contributed by atoms with Crippen LogP contribution in [0, 0.1) is 0 Å². The van der Waals surface area contributed by atoms with E-state index in [-0.39, 0.29) is 29.9 Å². The predicted octanol–water partition coefficient (Wildman–Crippen LogP) is 4.44. The van der Waals surface area contributed by atoms with Crippen LogP contribution in [0.5, 0.6) is 0 Å². The first-order valence-corrected chi connectivity index (χ1v) is 10.7. The fraction of sp³-hybridized carbons (Fsp3) is 0.440. The minimum atomic E-state index is -0.338. The smallest absolute Gasteiger partial charge is 0.266 e. The van der Waals surface area contributed by atoms with Gasteiger partial charge in [-0.2, -0.15) is 0 Å². The van der Waals surface area contributed by atoms with E-state index in [4.69, 9.17) is 9.47 Å². The maximum Gasteiger partial charge on any atom is 0.266 e. The van der Waals surface area contributed by atoms with E-state index < -0.39 is 0 Å². The van der Waals surface area contributed by atoms with Crippen molar-refractivity contribution in [1.82, 2.24) is 5.32 Å². The van der Waals surface area contributed by atoms with Crippen LogP contribution in [0.4, 0.5) is 5.69 Å². The van der Waals surface area contributed by atoms with Crippen molar-refractivity contribution >= 4 is 17.5 Å². The molecule has 6 nitrogen and oxygen atoms in total. The number of hydrogen-bond donors (Lipinski definition) is 1. The molecular weight excluding hydrogens is 392 g/mol. The summed E-state index contributed by atoms with van der Waals surface area (Å²) in [5, 5.41) is 3.25. The van der Waals surface area contributed by atoms with Crippen molar-refractivity contribution < 1.29 is 19.1 Å². The Balaban J connectivity index is 1.93. The molecule has 2 aromatic rings. The minimum Gasteiger partial charge on any atom is -0.355 e. The summed E-state index contributed by atoms with van der Waals surface area (Å²) in [6.07, 6.45) is -0.338. The third-order valence-corrected chi connectivity index (χ3v) is 5.68. The molecular formula is C25H32N2O4. The lowest BCUT2D eigenvalue weighted by molar-refractivity contribution is -0.0989. The summed E-state index contributed by atoms with van der Waals surface area (Å²) in [6.45, 7) is 9.38. The largest absolute Gasteiger partial charge is 0.355 e. The van der Waals surface area contributed by atoms with Crippen LogP contribution in [0.3, 0.4) is 0 Å². The predicted molar refractivity (Wildman–Crippen MR) is 122 cm³/mol. The molecule has 1 aliphatic rings. The maximum absolute atomic E-state index is 13.4. The number of rotatable bonds is 9. The molecule has 2 aromatic carbocycles. The number of para-hydroxylation sites is 1. The first kappa shape index (κ1) is 23.1. The Bertz CT molecular complexity index is 938. The van der Waals surface area contributed by atoms with Gasteiger partial charge in [0.25, 0.3) is 11.8 Å². The Labute approximate surface area is 184 Å². The quantitative estimate of drug-likeness (QED) is 0.476. The number of nitrogens with one attached hydrogen (secondary N) is 1. The average Bonchev–Trinajstić information content (AvgIpc) is 3.00. The van der Waals surface area contributed by atoms with Gasteiger partial charge in [-0.1, -0.05) is 52.0 Å². The first-order chi connectivity index (χ1) is 14.8. The number of ether oxygens (including phenoxy) is 2. The van der Waals surface area contributed by atoms with Crippen molar-refractivity contribution in [3.8, 4) is 0 Å². The summed E-state index contributed by atoms with van der Waals surface area (Å²) >= 11 is 0. The zero-order chi connectivity index (χ0) is 22.7. The molecule has 0 radical (unpaired) electrons. The molecule has 0 saturated carbocycles. The lowest BCUT2D eigenvalue weighted by Gasteiger charge is -2.25. The van der Waals surface area contributed by atoms with E-state index in [1.165, 1.54) is 4.90 Å². The molecule has 0 unspecified atom stereocenters. The standard InChI is InChI=1S/C25H32N2O4/c1-15(2)18-8-7-9-19(16(3)4)23(18)27-24(28)20-11-10-17(12-21(20)25(27)29)13-26-14-22(30-5)31-6/h7-12,15-16,22,26H,13-14H2,1-6H3. The number of benzene rings is 2. The average molecular weight is 425 g/mol. The van der Waals surface area contributed by atoms with Crippen LogP contribution >= 0.6 is 0 Å². The van der Waals surface area contributed by atoms with Crippen LogP contribution in [-0.2, 0) is 16.0 Å². The number of nitrogens with zero attached hydrogens (tertiary/aromatic N) is 1. The van der Waals surface area contributed by atoms with Crippen LogP contribution in [0.1, 0.15) is 76.9 Å². The van der Waals surface area contributed by atoms with Gasteiger partial charge in [0.2, 0.25) is 0 Å². The summed E-state index contributed by atoms with van der Waals surface area (Å²) < 4.78 is 10.4. The third-order valence-electron chi connectivity index (χ3n) is 5.68. The molecule has 0 spiro atoms. The molecule has 1 N–H and O–H groups in total. The molecule has 2 amide bonds. The highest BCUT2D eigenvalue weighted by Gasteiger charge is 2.39. The summed E-state index contributed by atoms with van der Waals surface area (Å²) in [5.41, 5.74) is 4.58. The number of methoxy groups -OCH3 is 2. The zero-order valence-corrected chi connectivity index (χ0v) is 19.2. The number of hydrogen-bond acceptors (Lipinski definition) is 5. The normalized spacial score (nSPS) is 13.8. The fourth-order valence-electron chi connectivity index (χ4n) is 3.97. The van der Waals surface area contributed by atoms with Gasteiger partial charge in [0.1, 0.15) is 0 Å². The number of fused-ring (bicyclic) bond motifs is 1. The van der Waals surface area contributed by atoms with Crippen molar-refractivity contribution in [1.29, 1.82) is 0 Å². The Morgan fingerprint density at radius 3 is 2.00 bits per heavy atom. The number of amides is 2.